The monoisotopic (exact) mass is 263 g/mol. The van der Waals surface area contributed by atoms with Crippen molar-refractivity contribution < 1.29 is 0 Å². The van der Waals surface area contributed by atoms with Gasteiger partial charge in [0.15, 0.2) is 0 Å². The van der Waals surface area contributed by atoms with Crippen LogP contribution in [0.2, 0.25) is 0 Å². The fourth-order valence-corrected chi connectivity index (χ4v) is 3.94. The van der Waals surface area contributed by atoms with E-state index in [0.717, 1.165) is 6.54 Å². The van der Waals surface area contributed by atoms with Gasteiger partial charge in [-0.3, -0.25) is 0 Å². The Morgan fingerprint density at radius 3 is 2.70 bits per heavy atom. The summed E-state index contributed by atoms with van der Waals surface area (Å²) in [6.45, 7) is 0.995. The molecule has 0 unspecified atom stereocenters. The van der Waals surface area contributed by atoms with Crippen molar-refractivity contribution >= 4 is 0 Å². The van der Waals surface area contributed by atoms with Gasteiger partial charge in [0, 0.05) is 18.0 Å². The Hall–Kier alpha value is -1.60. The molecular weight excluding hydrogens is 242 g/mol. The molecule has 0 heterocycles. The molecule has 1 heteroatoms. The lowest BCUT2D eigenvalue weighted by Crippen LogP contribution is -2.28. The molecule has 1 N–H and O–H groups in total. The summed E-state index contributed by atoms with van der Waals surface area (Å²) in [5.74, 6) is 0. The first kappa shape index (κ1) is 12.2. The van der Waals surface area contributed by atoms with E-state index in [1.807, 2.05) is 0 Å². The molecule has 20 heavy (non-hydrogen) atoms. The maximum Gasteiger partial charge on any atom is 0.0208 e. The van der Waals surface area contributed by atoms with Gasteiger partial charge < -0.3 is 5.32 Å². The second-order valence-corrected chi connectivity index (χ2v) is 6.29. The Labute approximate surface area is 121 Å². The second kappa shape index (κ2) is 4.75. The van der Waals surface area contributed by atoms with Crippen LogP contribution in [0.15, 0.2) is 54.6 Å². The Morgan fingerprint density at radius 1 is 1.00 bits per heavy atom. The zero-order valence-corrected chi connectivity index (χ0v) is 11.8. The van der Waals surface area contributed by atoms with Crippen molar-refractivity contribution in [2.75, 3.05) is 0 Å². The maximum atomic E-state index is 3.77. The van der Waals surface area contributed by atoms with Gasteiger partial charge in [0.2, 0.25) is 0 Å². The molecule has 0 aromatic heterocycles. The van der Waals surface area contributed by atoms with Crippen LogP contribution in [0.1, 0.15) is 36.0 Å². The Balaban J connectivity index is 1.50. The average molecular weight is 263 g/mol. The number of benzene rings is 2. The van der Waals surface area contributed by atoms with Crippen molar-refractivity contribution in [3.05, 3.63) is 71.3 Å². The smallest absolute Gasteiger partial charge is 0.0208 e. The van der Waals surface area contributed by atoms with Gasteiger partial charge in [0.05, 0.1) is 0 Å². The van der Waals surface area contributed by atoms with Crippen LogP contribution in [0.4, 0.5) is 0 Å². The van der Waals surface area contributed by atoms with Gasteiger partial charge in [0.1, 0.15) is 0 Å². The van der Waals surface area contributed by atoms with Crippen LogP contribution in [0.25, 0.3) is 0 Å². The maximum absolute atomic E-state index is 3.77. The number of fused-ring (bicyclic) bond motifs is 2. The number of hydrogen-bond donors (Lipinski definition) is 1. The summed E-state index contributed by atoms with van der Waals surface area (Å²) in [7, 11) is 0. The minimum absolute atomic E-state index is 0.448. The number of aryl methyl sites for hydroxylation is 1. The van der Waals surface area contributed by atoms with E-state index in [9.17, 15) is 0 Å². The predicted molar refractivity (Wildman–Crippen MR) is 82.7 cm³/mol. The van der Waals surface area contributed by atoms with Crippen LogP contribution in [0.3, 0.4) is 0 Å². The van der Waals surface area contributed by atoms with Gasteiger partial charge in [-0.05, 0) is 42.4 Å². The van der Waals surface area contributed by atoms with Crippen LogP contribution >= 0.6 is 0 Å². The van der Waals surface area contributed by atoms with E-state index in [1.165, 1.54) is 31.2 Å². The lowest BCUT2D eigenvalue weighted by Gasteiger charge is -2.26. The minimum Gasteiger partial charge on any atom is -0.309 e. The first-order chi connectivity index (χ1) is 9.88. The quantitative estimate of drug-likeness (QED) is 0.887. The molecule has 2 aliphatic rings. The van der Waals surface area contributed by atoms with Gasteiger partial charge in [-0.1, -0.05) is 54.6 Å². The van der Waals surface area contributed by atoms with Crippen molar-refractivity contribution in [3.8, 4) is 0 Å². The molecule has 1 saturated carbocycles. The Kier molecular flexibility index (Phi) is 2.89. The second-order valence-electron chi connectivity index (χ2n) is 6.29. The van der Waals surface area contributed by atoms with Gasteiger partial charge >= 0.3 is 0 Å². The summed E-state index contributed by atoms with van der Waals surface area (Å²) >= 11 is 0. The summed E-state index contributed by atoms with van der Waals surface area (Å²) in [5.41, 5.74) is 5.04. The fraction of sp³-hybridized carbons (Fsp3) is 0.368. The number of nitrogens with one attached hydrogen (secondary N) is 1. The molecule has 1 nitrogen and oxygen atoms in total. The SMILES string of the molecule is c1ccc(CN[C@@H]2C[C@]23CCCc2ccccc23)cc1. The highest BCUT2D eigenvalue weighted by Crippen LogP contribution is 2.55. The highest BCUT2D eigenvalue weighted by Gasteiger charge is 2.56. The topological polar surface area (TPSA) is 12.0 Å². The first-order valence-corrected chi connectivity index (χ1v) is 7.74. The molecule has 1 spiro atoms. The van der Waals surface area contributed by atoms with E-state index in [0.29, 0.717) is 11.5 Å². The average Bonchev–Trinajstić information content (AvgIpc) is 3.20. The fourth-order valence-electron chi connectivity index (χ4n) is 3.94. The molecule has 0 aliphatic heterocycles. The first-order valence-electron chi connectivity index (χ1n) is 7.74. The van der Waals surface area contributed by atoms with Gasteiger partial charge in [-0.25, -0.2) is 0 Å². The summed E-state index contributed by atoms with van der Waals surface area (Å²) in [6, 6.07) is 20.5. The van der Waals surface area contributed by atoms with Gasteiger partial charge in [0.25, 0.3) is 0 Å². The van der Waals surface area contributed by atoms with E-state index >= 15 is 0 Å². The Morgan fingerprint density at radius 2 is 1.80 bits per heavy atom. The van der Waals surface area contributed by atoms with Crippen molar-refractivity contribution in [1.82, 2.24) is 5.32 Å². The van der Waals surface area contributed by atoms with Crippen LogP contribution in [-0.4, -0.2) is 6.04 Å². The molecule has 4 rings (SSSR count). The van der Waals surface area contributed by atoms with Crippen LogP contribution < -0.4 is 5.32 Å². The van der Waals surface area contributed by atoms with Gasteiger partial charge in [-0.15, -0.1) is 0 Å². The molecule has 0 radical (unpaired) electrons. The van der Waals surface area contributed by atoms with E-state index in [2.05, 4.69) is 59.9 Å². The summed E-state index contributed by atoms with van der Waals surface area (Å²) in [4.78, 5) is 0. The summed E-state index contributed by atoms with van der Waals surface area (Å²) in [6.07, 6.45) is 5.29. The van der Waals surface area contributed by atoms with Crippen molar-refractivity contribution in [1.29, 1.82) is 0 Å². The highest BCUT2D eigenvalue weighted by molar-refractivity contribution is 5.44. The lowest BCUT2D eigenvalue weighted by atomic mass is 9.79. The van der Waals surface area contributed by atoms with Gasteiger partial charge in [-0.2, -0.15) is 0 Å². The van der Waals surface area contributed by atoms with E-state index in [4.69, 9.17) is 0 Å². The molecule has 0 amide bonds. The van der Waals surface area contributed by atoms with Crippen LogP contribution in [0, 0.1) is 0 Å². The van der Waals surface area contributed by atoms with Crippen LogP contribution in [-0.2, 0) is 18.4 Å². The lowest BCUT2D eigenvalue weighted by molar-refractivity contribution is 0.492. The predicted octanol–water partition coefficient (Wildman–Crippen LogP) is 3.82. The zero-order chi connectivity index (χ0) is 13.4. The third-order valence-electron chi connectivity index (χ3n) is 5.09. The van der Waals surface area contributed by atoms with E-state index < -0.39 is 0 Å². The molecule has 2 aromatic rings. The summed E-state index contributed by atoms with van der Waals surface area (Å²) < 4.78 is 0. The van der Waals surface area contributed by atoms with Crippen molar-refractivity contribution in [2.24, 2.45) is 0 Å². The molecule has 0 bridgehead atoms. The Bertz CT molecular complexity index is 604. The highest BCUT2D eigenvalue weighted by atomic mass is 15.0. The third kappa shape index (κ3) is 1.97. The third-order valence-corrected chi connectivity index (χ3v) is 5.09. The minimum atomic E-state index is 0.448. The largest absolute Gasteiger partial charge is 0.309 e. The molecular formula is C19H21N. The summed E-state index contributed by atoms with van der Waals surface area (Å²) in [5, 5.41) is 3.77. The number of hydrogen-bond acceptors (Lipinski definition) is 1. The molecule has 102 valence electrons. The van der Waals surface area contributed by atoms with Crippen LogP contribution in [0.5, 0.6) is 0 Å². The molecule has 1 fully saturated rings. The molecule has 2 aromatic carbocycles. The number of rotatable bonds is 3. The molecule has 2 atom stereocenters. The standard InChI is InChI=1S/C19H21N/c1-2-7-15(8-3-1)14-20-18-13-19(18)12-6-10-16-9-4-5-11-17(16)19/h1-5,7-9,11,18,20H,6,10,12-14H2/t18-,19+/m1/s1. The normalized spacial score (nSPS) is 27.3. The van der Waals surface area contributed by atoms with Crippen molar-refractivity contribution in [3.63, 3.8) is 0 Å². The zero-order valence-electron chi connectivity index (χ0n) is 11.8. The molecule has 2 aliphatic carbocycles. The van der Waals surface area contributed by atoms with E-state index in [1.54, 1.807) is 11.1 Å². The molecule has 0 saturated heterocycles. The van der Waals surface area contributed by atoms with E-state index in [-0.39, 0.29) is 0 Å². The van der Waals surface area contributed by atoms with Crippen molar-refractivity contribution in [2.45, 2.75) is 43.7 Å².